The molecule has 31 heavy (non-hydrogen) atoms. The molecule has 2 aromatic rings. The van der Waals surface area contributed by atoms with Crippen LogP contribution in [-0.4, -0.2) is 55.9 Å². The summed E-state index contributed by atoms with van der Waals surface area (Å²) in [6, 6.07) is 12.5. The van der Waals surface area contributed by atoms with E-state index in [1.807, 2.05) is 10.6 Å². The molecule has 0 saturated carbocycles. The number of amides is 2. The van der Waals surface area contributed by atoms with Gasteiger partial charge < -0.3 is 9.47 Å². The minimum absolute atomic E-state index is 0.0887. The second-order valence-electron chi connectivity index (χ2n) is 8.38. The first kappa shape index (κ1) is 20.5. The summed E-state index contributed by atoms with van der Waals surface area (Å²) in [6.45, 7) is 2.88. The van der Waals surface area contributed by atoms with Crippen LogP contribution in [0.2, 0.25) is 0 Å². The van der Waals surface area contributed by atoms with E-state index in [0.29, 0.717) is 35.9 Å². The smallest absolute Gasteiger partial charge is 0.261 e. The molecule has 0 aliphatic carbocycles. The van der Waals surface area contributed by atoms with Crippen LogP contribution < -0.4 is 5.56 Å². The average molecular weight is 454 g/mol. The number of benzene rings is 1. The van der Waals surface area contributed by atoms with Gasteiger partial charge in [-0.25, -0.2) is 0 Å². The number of likely N-dealkylation sites (tertiary alicyclic amines) is 1. The molecule has 0 spiro atoms. The number of imide groups is 1. The first-order valence-electron chi connectivity index (χ1n) is 10.6. The van der Waals surface area contributed by atoms with Gasteiger partial charge in [0.05, 0.1) is 11.1 Å². The Hall–Kier alpha value is -2.45. The van der Waals surface area contributed by atoms with Crippen molar-refractivity contribution in [1.29, 1.82) is 0 Å². The number of carbonyl (C=O) groups excluding carboxylic acids is 2. The number of hydrogen-bond donors (Lipinski definition) is 0. The molecule has 1 fully saturated rings. The highest BCUT2D eigenvalue weighted by molar-refractivity contribution is 8.22. The molecule has 160 valence electrons. The molecule has 5 rings (SSSR count). The Morgan fingerprint density at radius 3 is 2.45 bits per heavy atom. The van der Waals surface area contributed by atoms with E-state index in [-0.39, 0.29) is 17.4 Å². The third-order valence-electron chi connectivity index (χ3n) is 6.37. The van der Waals surface area contributed by atoms with Gasteiger partial charge >= 0.3 is 0 Å². The zero-order valence-corrected chi connectivity index (χ0v) is 18.7. The van der Waals surface area contributed by atoms with Gasteiger partial charge in [-0.15, -0.1) is 0 Å². The maximum absolute atomic E-state index is 12.5. The molecular formula is C23H23N3O3S2. The second-order valence-corrected chi connectivity index (χ2v) is 10.1. The molecule has 2 amide bonds. The highest BCUT2D eigenvalue weighted by Gasteiger charge is 2.36. The molecule has 3 aliphatic rings. The highest BCUT2D eigenvalue weighted by Crippen LogP contribution is 2.36. The van der Waals surface area contributed by atoms with Gasteiger partial charge in [-0.3, -0.25) is 19.3 Å². The van der Waals surface area contributed by atoms with Crippen LogP contribution in [0.25, 0.3) is 0 Å². The van der Waals surface area contributed by atoms with Crippen molar-refractivity contribution in [2.24, 2.45) is 5.92 Å². The average Bonchev–Trinajstić information content (AvgIpc) is 3.02. The number of rotatable bonds is 4. The lowest BCUT2D eigenvalue weighted by atomic mass is 9.83. The predicted octanol–water partition coefficient (Wildman–Crippen LogP) is 2.97. The molecule has 2 atom stereocenters. The quantitative estimate of drug-likeness (QED) is 0.403. The first-order valence-corrected chi connectivity index (χ1v) is 12.0. The summed E-state index contributed by atoms with van der Waals surface area (Å²) in [5, 5.41) is 0. The van der Waals surface area contributed by atoms with Crippen molar-refractivity contribution >= 4 is 40.1 Å². The van der Waals surface area contributed by atoms with Gasteiger partial charge in [0.2, 0.25) is 0 Å². The predicted molar refractivity (Wildman–Crippen MR) is 125 cm³/mol. The normalized spacial score (nSPS) is 21.8. The van der Waals surface area contributed by atoms with E-state index < -0.39 is 0 Å². The molecule has 2 bridgehead atoms. The summed E-state index contributed by atoms with van der Waals surface area (Å²) in [4.78, 5) is 40.7. The van der Waals surface area contributed by atoms with Gasteiger partial charge in [0.1, 0.15) is 4.32 Å². The van der Waals surface area contributed by atoms with Crippen molar-refractivity contribution in [3.05, 3.63) is 69.6 Å². The van der Waals surface area contributed by atoms with Gasteiger partial charge in [-0.2, -0.15) is 0 Å². The zero-order chi connectivity index (χ0) is 21.5. The maximum atomic E-state index is 12.5. The lowest BCUT2D eigenvalue weighted by Crippen LogP contribution is -2.48. The fourth-order valence-corrected chi connectivity index (χ4v) is 6.14. The van der Waals surface area contributed by atoms with Gasteiger partial charge in [0, 0.05) is 49.6 Å². The van der Waals surface area contributed by atoms with Crippen LogP contribution in [0.4, 0.5) is 0 Å². The van der Waals surface area contributed by atoms with E-state index in [9.17, 15) is 14.4 Å². The summed E-state index contributed by atoms with van der Waals surface area (Å²) in [7, 11) is 0. The summed E-state index contributed by atoms with van der Waals surface area (Å²) < 4.78 is 2.79. The van der Waals surface area contributed by atoms with E-state index in [1.165, 1.54) is 4.90 Å². The monoisotopic (exact) mass is 453 g/mol. The van der Waals surface area contributed by atoms with Crippen molar-refractivity contribution in [2.75, 3.05) is 25.4 Å². The Balaban J connectivity index is 1.14. The van der Waals surface area contributed by atoms with Crippen molar-refractivity contribution in [3.8, 4) is 0 Å². The first-order chi connectivity index (χ1) is 15.0. The Kier molecular flexibility index (Phi) is 5.44. The zero-order valence-electron chi connectivity index (χ0n) is 17.0. The molecule has 3 aliphatic heterocycles. The minimum Gasteiger partial charge on any atom is -0.357 e. The Bertz CT molecular complexity index is 1090. The minimum atomic E-state index is -0.203. The molecule has 6 nitrogen and oxygen atoms in total. The Morgan fingerprint density at radius 2 is 1.71 bits per heavy atom. The van der Waals surface area contributed by atoms with Gasteiger partial charge in [-0.1, -0.05) is 42.2 Å². The fourth-order valence-electron chi connectivity index (χ4n) is 4.96. The van der Waals surface area contributed by atoms with Gasteiger partial charge in [-0.05, 0) is 37.0 Å². The van der Waals surface area contributed by atoms with Crippen LogP contribution in [0.5, 0.6) is 0 Å². The van der Waals surface area contributed by atoms with E-state index >= 15 is 0 Å². The third-order valence-corrected chi connectivity index (χ3v) is 7.98. The summed E-state index contributed by atoms with van der Waals surface area (Å²) in [5.41, 5.74) is 2.20. The maximum Gasteiger partial charge on any atom is 0.261 e. The van der Waals surface area contributed by atoms with Crippen LogP contribution in [0, 0.1) is 5.92 Å². The van der Waals surface area contributed by atoms with Crippen LogP contribution in [0.15, 0.2) is 47.3 Å². The second kappa shape index (κ2) is 8.24. The summed E-state index contributed by atoms with van der Waals surface area (Å²) in [6.07, 6.45) is 1.81. The molecule has 1 saturated heterocycles. The summed E-state index contributed by atoms with van der Waals surface area (Å²) >= 11 is 7.32. The van der Waals surface area contributed by atoms with E-state index in [4.69, 9.17) is 12.2 Å². The fraction of sp³-hybridized carbons (Fsp3) is 0.391. The van der Waals surface area contributed by atoms with E-state index in [0.717, 1.165) is 41.8 Å². The number of aromatic nitrogens is 1. The van der Waals surface area contributed by atoms with Gasteiger partial charge in [0.25, 0.3) is 17.4 Å². The van der Waals surface area contributed by atoms with E-state index in [1.54, 1.807) is 42.1 Å². The molecule has 1 aromatic heterocycles. The summed E-state index contributed by atoms with van der Waals surface area (Å²) in [5.74, 6) is 1.12. The van der Waals surface area contributed by atoms with Crippen LogP contribution in [0.1, 0.15) is 45.2 Å². The van der Waals surface area contributed by atoms with Crippen molar-refractivity contribution in [1.82, 2.24) is 14.4 Å². The number of thiocarbonyl (C=S) groups is 1. The topological polar surface area (TPSA) is 62.6 Å². The van der Waals surface area contributed by atoms with Crippen molar-refractivity contribution in [2.45, 2.75) is 25.3 Å². The largest absolute Gasteiger partial charge is 0.357 e. The molecular weight excluding hydrogens is 430 g/mol. The molecule has 0 N–H and O–H groups in total. The molecule has 8 heteroatoms. The third kappa shape index (κ3) is 3.72. The number of nitrogens with zero attached hydrogens (tertiary/aromatic N) is 3. The van der Waals surface area contributed by atoms with Crippen molar-refractivity contribution in [3.63, 3.8) is 0 Å². The van der Waals surface area contributed by atoms with Gasteiger partial charge in [0.15, 0.2) is 0 Å². The van der Waals surface area contributed by atoms with Crippen LogP contribution in [-0.2, 0) is 6.54 Å². The number of hydrogen-bond acceptors (Lipinski definition) is 5. The van der Waals surface area contributed by atoms with Crippen LogP contribution in [0.3, 0.4) is 0 Å². The molecule has 2 unspecified atom stereocenters. The number of pyridine rings is 1. The standard InChI is InChI=1S/C23H23N3O3S2/c27-20-8-3-7-19-16-11-15(13-26(19)20)12-24(14-16)23(30)31-10-4-9-25-21(28)17-5-1-2-6-18(17)22(25)29/h1-3,5-8,15-16H,4,9-14H2. The number of fused-ring (bicyclic) bond motifs is 5. The SMILES string of the molecule is O=C1c2ccccc2C(=O)N1CCCSC(=S)N1CC2CC(C1)c1cccc(=O)n1C2. The Morgan fingerprint density at radius 1 is 0.968 bits per heavy atom. The number of carbonyl (C=O) groups is 2. The highest BCUT2D eigenvalue weighted by atomic mass is 32.2. The van der Waals surface area contributed by atoms with Crippen LogP contribution >= 0.6 is 24.0 Å². The van der Waals surface area contributed by atoms with Crippen molar-refractivity contribution < 1.29 is 9.59 Å². The molecule has 4 heterocycles. The lowest BCUT2D eigenvalue weighted by molar-refractivity contribution is 0.0655. The molecule has 1 aromatic carbocycles. The Labute approximate surface area is 190 Å². The lowest BCUT2D eigenvalue weighted by Gasteiger charge is -2.43. The molecule has 0 radical (unpaired) electrons. The number of thioether (sulfide) groups is 1. The van der Waals surface area contributed by atoms with E-state index in [2.05, 4.69) is 11.0 Å². The number of piperidine rings is 1.